The van der Waals surface area contributed by atoms with E-state index in [-0.39, 0.29) is 5.91 Å². The molecule has 20 heavy (non-hydrogen) atoms. The predicted molar refractivity (Wildman–Crippen MR) is 81.5 cm³/mol. The topological polar surface area (TPSA) is 61.6 Å². The van der Waals surface area contributed by atoms with Gasteiger partial charge in [-0.15, -0.1) is 0 Å². The van der Waals surface area contributed by atoms with E-state index in [1.165, 1.54) is 25.8 Å². The van der Waals surface area contributed by atoms with Crippen LogP contribution in [-0.4, -0.2) is 67.6 Å². The van der Waals surface area contributed by atoms with Gasteiger partial charge in [0.05, 0.1) is 5.54 Å². The second kappa shape index (κ2) is 6.41. The van der Waals surface area contributed by atoms with E-state index in [0.717, 1.165) is 25.8 Å². The fourth-order valence-electron chi connectivity index (χ4n) is 3.89. The first kappa shape index (κ1) is 15.7. The third kappa shape index (κ3) is 3.15. The van der Waals surface area contributed by atoms with Crippen molar-refractivity contribution >= 4 is 5.91 Å². The molecule has 0 aromatic heterocycles. The fourth-order valence-corrected chi connectivity index (χ4v) is 3.89. The maximum Gasteiger partial charge on any atom is 0.237 e. The van der Waals surface area contributed by atoms with Crippen LogP contribution >= 0.6 is 0 Å². The summed E-state index contributed by atoms with van der Waals surface area (Å²) in [7, 11) is 6.27. The minimum atomic E-state index is -0.501. The lowest BCUT2D eigenvalue weighted by Crippen LogP contribution is -2.59. The van der Waals surface area contributed by atoms with E-state index in [2.05, 4.69) is 29.2 Å². The van der Waals surface area contributed by atoms with Crippen LogP contribution in [0.2, 0.25) is 0 Å². The van der Waals surface area contributed by atoms with Gasteiger partial charge in [-0.25, -0.2) is 0 Å². The first-order valence-electron chi connectivity index (χ1n) is 7.88. The Morgan fingerprint density at radius 1 is 1.45 bits per heavy atom. The van der Waals surface area contributed by atoms with E-state index in [1.54, 1.807) is 0 Å². The molecular weight excluding hydrogens is 252 g/mol. The Morgan fingerprint density at radius 3 is 2.75 bits per heavy atom. The minimum absolute atomic E-state index is 0.198. The van der Waals surface area contributed by atoms with E-state index in [4.69, 9.17) is 5.73 Å². The number of carbonyl (C=O) groups excluding carboxylic acids is 1. The average Bonchev–Trinajstić information content (AvgIpc) is 2.84. The van der Waals surface area contributed by atoms with E-state index < -0.39 is 5.54 Å². The molecule has 2 rings (SSSR count). The van der Waals surface area contributed by atoms with Crippen LogP contribution in [-0.2, 0) is 4.79 Å². The van der Waals surface area contributed by atoms with Gasteiger partial charge in [0.15, 0.2) is 0 Å². The van der Waals surface area contributed by atoms with Crippen LogP contribution < -0.4 is 11.1 Å². The molecule has 0 spiro atoms. The van der Waals surface area contributed by atoms with Crippen LogP contribution in [0.3, 0.4) is 0 Å². The quantitative estimate of drug-likeness (QED) is 0.766. The molecule has 0 bridgehead atoms. The Balaban J connectivity index is 1.95. The van der Waals surface area contributed by atoms with Crippen molar-refractivity contribution in [3.05, 3.63) is 0 Å². The third-order valence-electron chi connectivity index (χ3n) is 5.47. The maximum absolute atomic E-state index is 11.8. The zero-order valence-electron chi connectivity index (χ0n) is 13.2. The Bertz CT molecular complexity index is 349. The van der Waals surface area contributed by atoms with Gasteiger partial charge in [0, 0.05) is 18.6 Å². The van der Waals surface area contributed by atoms with Gasteiger partial charge in [0.25, 0.3) is 0 Å². The largest absolute Gasteiger partial charge is 0.368 e. The van der Waals surface area contributed by atoms with Crippen molar-refractivity contribution in [1.29, 1.82) is 0 Å². The van der Waals surface area contributed by atoms with Gasteiger partial charge in [0.1, 0.15) is 0 Å². The molecule has 3 unspecified atom stereocenters. The van der Waals surface area contributed by atoms with Crippen LogP contribution in [0.4, 0.5) is 0 Å². The number of rotatable bonds is 5. The molecule has 1 saturated carbocycles. The number of hydrogen-bond donors (Lipinski definition) is 2. The fraction of sp³-hybridized carbons (Fsp3) is 0.933. The lowest BCUT2D eigenvalue weighted by Gasteiger charge is -2.42. The molecule has 5 nitrogen and oxygen atoms in total. The van der Waals surface area contributed by atoms with Crippen molar-refractivity contribution in [2.24, 2.45) is 5.73 Å². The van der Waals surface area contributed by atoms with Crippen LogP contribution in [0, 0.1) is 0 Å². The maximum atomic E-state index is 11.8. The van der Waals surface area contributed by atoms with E-state index in [9.17, 15) is 4.79 Å². The van der Waals surface area contributed by atoms with Crippen molar-refractivity contribution in [2.45, 2.75) is 56.1 Å². The summed E-state index contributed by atoms with van der Waals surface area (Å²) in [5, 5.41) is 3.19. The molecule has 0 radical (unpaired) electrons. The number of likely N-dealkylation sites (tertiary alicyclic amines) is 1. The van der Waals surface area contributed by atoms with Crippen molar-refractivity contribution in [3.63, 3.8) is 0 Å². The molecule has 3 atom stereocenters. The number of likely N-dealkylation sites (N-methyl/N-ethyl adjacent to an activating group) is 3. The number of nitrogens with one attached hydrogen (secondary N) is 1. The SMILES string of the molecule is CNC1(C(N)=O)CCCC(N(C)CC2CCCN2C)C1. The third-order valence-corrected chi connectivity index (χ3v) is 5.47. The highest BCUT2D eigenvalue weighted by Crippen LogP contribution is 2.31. The molecule has 0 aromatic carbocycles. The molecule has 1 aliphatic heterocycles. The number of amides is 1. The standard InChI is InChI=1S/C15H30N4O/c1-17-15(14(16)20)8-4-6-12(10-15)19(3)11-13-7-5-9-18(13)2/h12-13,17H,4-11H2,1-3H3,(H2,16,20). The Labute approximate surface area is 122 Å². The van der Waals surface area contributed by atoms with Gasteiger partial charge in [0.2, 0.25) is 5.91 Å². The van der Waals surface area contributed by atoms with Crippen molar-refractivity contribution < 1.29 is 4.79 Å². The second-order valence-corrected chi connectivity index (χ2v) is 6.66. The zero-order chi connectivity index (χ0) is 14.8. The van der Waals surface area contributed by atoms with Crippen LogP contribution in [0.25, 0.3) is 0 Å². The summed E-state index contributed by atoms with van der Waals surface area (Å²) in [4.78, 5) is 16.7. The molecular formula is C15H30N4O. The predicted octanol–water partition coefficient (Wildman–Crippen LogP) is 0.399. The van der Waals surface area contributed by atoms with Gasteiger partial charge < -0.3 is 20.9 Å². The molecule has 3 N–H and O–H groups in total. The molecule has 1 amide bonds. The number of nitrogens with zero attached hydrogens (tertiary/aromatic N) is 2. The second-order valence-electron chi connectivity index (χ2n) is 6.66. The molecule has 1 saturated heterocycles. The summed E-state index contributed by atoms with van der Waals surface area (Å²) >= 11 is 0. The lowest BCUT2D eigenvalue weighted by molar-refractivity contribution is -0.126. The molecule has 2 aliphatic rings. The number of nitrogens with two attached hydrogens (primary N) is 1. The Kier molecular flexibility index (Phi) is 5.04. The molecule has 0 aromatic rings. The van der Waals surface area contributed by atoms with Gasteiger partial charge in [-0.1, -0.05) is 0 Å². The average molecular weight is 282 g/mol. The van der Waals surface area contributed by atoms with Crippen LogP contribution in [0.1, 0.15) is 38.5 Å². The summed E-state index contributed by atoms with van der Waals surface area (Å²) in [5.41, 5.74) is 5.13. The van der Waals surface area contributed by atoms with Gasteiger partial charge >= 0.3 is 0 Å². The van der Waals surface area contributed by atoms with Crippen molar-refractivity contribution in [3.8, 4) is 0 Å². The van der Waals surface area contributed by atoms with Crippen LogP contribution in [0.15, 0.2) is 0 Å². The monoisotopic (exact) mass is 282 g/mol. The summed E-state index contributed by atoms with van der Waals surface area (Å²) in [6.07, 6.45) is 6.54. The van der Waals surface area contributed by atoms with Crippen molar-refractivity contribution in [1.82, 2.24) is 15.1 Å². The van der Waals surface area contributed by atoms with Crippen molar-refractivity contribution in [2.75, 3.05) is 34.2 Å². The molecule has 116 valence electrons. The summed E-state index contributed by atoms with van der Waals surface area (Å²) in [6, 6.07) is 1.12. The van der Waals surface area contributed by atoms with E-state index >= 15 is 0 Å². The lowest BCUT2D eigenvalue weighted by atomic mass is 9.78. The normalized spacial score (nSPS) is 35.6. The van der Waals surface area contributed by atoms with E-state index in [0.29, 0.717) is 12.1 Å². The molecule has 2 fully saturated rings. The summed E-state index contributed by atoms with van der Waals surface area (Å²) in [5.74, 6) is -0.198. The highest BCUT2D eigenvalue weighted by molar-refractivity contribution is 5.84. The number of primary amides is 1. The molecule has 1 heterocycles. The molecule has 1 aliphatic carbocycles. The first-order chi connectivity index (χ1) is 9.48. The number of carbonyl (C=O) groups is 1. The zero-order valence-corrected chi connectivity index (χ0v) is 13.2. The first-order valence-corrected chi connectivity index (χ1v) is 7.88. The minimum Gasteiger partial charge on any atom is -0.368 e. The number of hydrogen-bond acceptors (Lipinski definition) is 4. The van der Waals surface area contributed by atoms with Gasteiger partial charge in [-0.2, -0.15) is 0 Å². The smallest absolute Gasteiger partial charge is 0.237 e. The molecule has 5 heteroatoms. The highest BCUT2D eigenvalue weighted by atomic mass is 16.1. The summed E-state index contributed by atoms with van der Waals surface area (Å²) < 4.78 is 0. The van der Waals surface area contributed by atoms with E-state index in [1.807, 2.05) is 7.05 Å². The summed E-state index contributed by atoms with van der Waals surface area (Å²) in [6.45, 7) is 2.31. The van der Waals surface area contributed by atoms with Gasteiger partial charge in [-0.3, -0.25) is 4.79 Å². The highest BCUT2D eigenvalue weighted by Gasteiger charge is 2.41. The Morgan fingerprint density at radius 2 is 2.20 bits per heavy atom. The Hall–Kier alpha value is -0.650. The van der Waals surface area contributed by atoms with Crippen LogP contribution in [0.5, 0.6) is 0 Å². The van der Waals surface area contributed by atoms with Gasteiger partial charge in [-0.05, 0) is 66.2 Å².